The van der Waals surface area contributed by atoms with Crippen molar-refractivity contribution in [1.29, 1.82) is 0 Å². The number of likely N-dealkylation sites (tertiary alicyclic amines) is 1. The number of rotatable bonds is 2. The number of piperidine rings is 1. The molecule has 1 N–H and O–H groups in total. The molecule has 1 amide bonds. The highest BCUT2D eigenvalue weighted by Crippen LogP contribution is 2.30. The van der Waals surface area contributed by atoms with Crippen LogP contribution < -0.4 is 5.32 Å². The van der Waals surface area contributed by atoms with E-state index in [1.807, 2.05) is 0 Å². The van der Waals surface area contributed by atoms with E-state index in [4.69, 9.17) is 0 Å². The number of fused-ring (bicyclic) bond motifs is 1. The van der Waals surface area contributed by atoms with Crippen LogP contribution in [0.3, 0.4) is 0 Å². The maximum absolute atomic E-state index is 12.8. The molecule has 0 saturated carbocycles. The first-order chi connectivity index (χ1) is 13.3. The molecule has 2 aliphatic rings. The number of pyridine rings is 1. The van der Waals surface area contributed by atoms with E-state index in [-0.39, 0.29) is 23.1 Å². The third-order valence-corrected chi connectivity index (χ3v) is 5.41. The minimum absolute atomic E-state index is 0.0981. The molecule has 7 nitrogen and oxygen atoms in total. The number of carbonyl (C=O) groups is 1. The van der Waals surface area contributed by atoms with Crippen molar-refractivity contribution in [3.8, 4) is 0 Å². The average Bonchev–Trinajstić information content (AvgIpc) is 3.11. The molecule has 2 aliphatic heterocycles. The van der Waals surface area contributed by atoms with Gasteiger partial charge in [0.05, 0.1) is 17.8 Å². The van der Waals surface area contributed by atoms with Gasteiger partial charge in [0.15, 0.2) is 0 Å². The highest BCUT2D eigenvalue weighted by Gasteiger charge is 2.34. The van der Waals surface area contributed by atoms with Gasteiger partial charge in [-0.25, -0.2) is 4.98 Å². The van der Waals surface area contributed by atoms with Crippen molar-refractivity contribution < 1.29 is 18.0 Å². The van der Waals surface area contributed by atoms with Crippen molar-refractivity contribution >= 4 is 5.91 Å². The fourth-order valence-corrected chi connectivity index (χ4v) is 3.87. The molecule has 1 saturated heterocycles. The van der Waals surface area contributed by atoms with E-state index >= 15 is 0 Å². The van der Waals surface area contributed by atoms with Crippen LogP contribution in [0.2, 0.25) is 0 Å². The van der Waals surface area contributed by atoms with Gasteiger partial charge in [-0.3, -0.25) is 4.79 Å². The van der Waals surface area contributed by atoms with Gasteiger partial charge in [0.25, 0.3) is 5.91 Å². The quantitative estimate of drug-likeness (QED) is 0.845. The first kappa shape index (κ1) is 18.9. The Morgan fingerprint density at radius 2 is 1.93 bits per heavy atom. The summed E-state index contributed by atoms with van der Waals surface area (Å²) in [6, 6.07) is 2.09. The molecule has 0 unspecified atom stereocenters. The molecular formula is C18H21F3N6O. The second kappa shape index (κ2) is 7.16. The summed E-state index contributed by atoms with van der Waals surface area (Å²) < 4.78 is 40.5. The molecule has 10 heteroatoms. The smallest absolute Gasteiger partial charge is 0.339 e. The summed E-state index contributed by atoms with van der Waals surface area (Å²) >= 11 is 0. The molecule has 0 aromatic carbocycles. The molecule has 4 heterocycles. The Balaban J connectivity index is 1.44. The van der Waals surface area contributed by atoms with Crippen molar-refractivity contribution in [1.82, 2.24) is 30.0 Å². The van der Waals surface area contributed by atoms with Crippen LogP contribution >= 0.6 is 0 Å². The summed E-state index contributed by atoms with van der Waals surface area (Å²) in [5, 5.41) is 11.9. The zero-order valence-electron chi connectivity index (χ0n) is 15.5. The number of halogens is 3. The van der Waals surface area contributed by atoms with Gasteiger partial charge in [-0.15, -0.1) is 10.2 Å². The lowest BCUT2D eigenvalue weighted by Crippen LogP contribution is -2.39. The van der Waals surface area contributed by atoms with Crippen LogP contribution in [0.5, 0.6) is 0 Å². The normalized spacial score (nSPS) is 18.2. The topological polar surface area (TPSA) is 75.9 Å². The number of hydrogen-bond acceptors (Lipinski definition) is 5. The third kappa shape index (κ3) is 3.48. The fourth-order valence-electron chi connectivity index (χ4n) is 3.87. The van der Waals surface area contributed by atoms with Crippen molar-refractivity contribution in [3.05, 3.63) is 40.7 Å². The molecule has 1 fully saturated rings. The maximum Gasteiger partial charge on any atom is 0.433 e. The Morgan fingerprint density at radius 3 is 2.61 bits per heavy atom. The molecule has 0 bridgehead atoms. The van der Waals surface area contributed by atoms with Gasteiger partial charge >= 0.3 is 6.18 Å². The highest BCUT2D eigenvalue weighted by molar-refractivity contribution is 5.95. The predicted octanol–water partition coefficient (Wildman–Crippen LogP) is 2.12. The predicted molar refractivity (Wildman–Crippen MR) is 93.6 cm³/mol. The first-order valence-electron chi connectivity index (χ1n) is 9.31. The van der Waals surface area contributed by atoms with E-state index in [9.17, 15) is 18.0 Å². The number of nitrogens with zero attached hydrogens (tertiary/aromatic N) is 5. The zero-order chi connectivity index (χ0) is 19.9. The summed E-state index contributed by atoms with van der Waals surface area (Å²) in [6.45, 7) is 4.94. The van der Waals surface area contributed by atoms with Gasteiger partial charge in [-0.2, -0.15) is 13.2 Å². The Morgan fingerprint density at radius 1 is 1.18 bits per heavy atom. The Labute approximate surface area is 160 Å². The minimum atomic E-state index is -4.52. The number of amides is 1. The third-order valence-electron chi connectivity index (χ3n) is 5.41. The van der Waals surface area contributed by atoms with Crippen LogP contribution in [-0.4, -0.2) is 50.2 Å². The molecule has 0 aliphatic carbocycles. The van der Waals surface area contributed by atoms with Gasteiger partial charge in [-0.1, -0.05) is 0 Å². The molecule has 28 heavy (non-hydrogen) atoms. The molecule has 4 rings (SSSR count). The van der Waals surface area contributed by atoms with Crippen molar-refractivity contribution in [2.24, 2.45) is 0 Å². The molecular weight excluding hydrogens is 373 g/mol. The van der Waals surface area contributed by atoms with Crippen LogP contribution in [0.4, 0.5) is 13.2 Å². The Bertz CT molecular complexity index is 886. The SMILES string of the molecule is Cc1nc(C(F)(F)F)ccc1C(=O)N1CCC(c2nnc3n2CCNC3)CC1. The largest absolute Gasteiger partial charge is 0.433 e. The lowest BCUT2D eigenvalue weighted by molar-refractivity contribution is -0.141. The van der Waals surface area contributed by atoms with Crippen LogP contribution in [0.15, 0.2) is 12.1 Å². The lowest BCUT2D eigenvalue weighted by Gasteiger charge is -2.32. The summed E-state index contributed by atoms with van der Waals surface area (Å²) in [5.41, 5.74) is -0.662. The molecule has 150 valence electrons. The van der Waals surface area contributed by atoms with Gasteiger partial charge in [0.1, 0.15) is 17.3 Å². The van der Waals surface area contributed by atoms with E-state index in [0.717, 1.165) is 43.6 Å². The minimum Gasteiger partial charge on any atom is -0.339 e. The van der Waals surface area contributed by atoms with E-state index in [1.54, 1.807) is 4.90 Å². The first-order valence-corrected chi connectivity index (χ1v) is 9.31. The molecule has 0 atom stereocenters. The van der Waals surface area contributed by atoms with Gasteiger partial charge in [-0.05, 0) is 31.9 Å². The maximum atomic E-state index is 12.8. The summed E-state index contributed by atoms with van der Waals surface area (Å²) in [5.74, 6) is 1.86. The van der Waals surface area contributed by atoms with Crippen molar-refractivity contribution in [2.75, 3.05) is 19.6 Å². The number of aryl methyl sites for hydroxylation is 1. The highest BCUT2D eigenvalue weighted by atomic mass is 19.4. The average molecular weight is 394 g/mol. The number of aromatic nitrogens is 4. The lowest BCUT2D eigenvalue weighted by atomic mass is 9.95. The number of hydrogen-bond donors (Lipinski definition) is 1. The van der Waals surface area contributed by atoms with Gasteiger partial charge in [0, 0.05) is 32.1 Å². The van der Waals surface area contributed by atoms with E-state index in [2.05, 4.69) is 25.1 Å². The fraction of sp³-hybridized carbons (Fsp3) is 0.556. The van der Waals surface area contributed by atoms with Crippen LogP contribution in [0.1, 0.15) is 52.2 Å². The second-order valence-electron chi connectivity index (χ2n) is 7.20. The van der Waals surface area contributed by atoms with Crippen LogP contribution in [0, 0.1) is 6.92 Å². The van der Waals surface area contributed by atoms with Gasteiger partial charge < -0.3 is 14.8 Å². The van der Waals surface area contributed by atoms with Crippen molar-refractivity contribution in [2.45, 2.75) is 44.9 Å². The number of alkyl halides is 3. The molecule has 0 spiro atoms. The Kier molecular flexibility index (Phi) is 4.82. The number of carbonyl (C=O) groups excluding carboxylic acids is 1. The summed E-state index contributed by atoms with van der Waals surface area (Å²) in [4.78, 5) is 18.0. The van der Waals surface area contributed by atoms with Crippen LogP contribution in [0.25, 0.3) is 0 Å². The van der Waals surface area contributed by atoms with Crippen LogP contribution in [-0.2, 0) is 19.3 Å². The second-order valence-corrected chi connectivity index (χ2v) is 7.20. The molecule has 2 aromatic heterocycles. The summed E-state index contributed by atoms with van der Waals surface area (Å²) in [6.07, 6.45) is -3.01. The standard InChI is InChI=1S/C18H21F3N6O/c1-11-13(2-3-14(23-11)18(19,20)21)17(28)26-7-4-12(5-8-26)16-25-24-15-10-22-6-9-27(15)16/h2-3,12,22H,4-10H2,1H3. The van der Waals surface area contributed by atoms with Crippen molar-refractivity contribution in [3.63, 3.8) is 0 Å². The van der Waals surface area contributed by atoms with E-state index < -0.39 is 11.9 Å². The molecule has 0 radical (unpaired) electrons. The van der Waals surface area contributed by atoms with Gasteiger partial charge in [0.2, 0.25) is 0 Å². The summed E-state index contributed by atoms with van der Waals surface area (Å²) in [7, 11) is 0. The Hall–Kier alpha value is -2.49. The zero-order valence-corrected chi connectivity index (χ0v) is 15.5. The molecule has 2 aromatic rings. The van der Waals surface area contributed by atoms with E-state index in [0.29, 0.717) is 19.6 Å². The monoisotopic (exact) mass is 394 g/mol. The number of nitrogens with one attached hydrogen (secondary N) is 1. The van der Waals surface area contributed by atoms with E-state index in [1.165, 1.54) is 13.0 Å².